The molecule has 92 valence electrons. The molecule has 0 bridgehead atoms. The maximum atomic E-state index is 13.5. The molecular weight excluding hydrogens is 241 g/mol. The summed E-state index contributed by atoms with van der Waals surface area (Å²) in [5.74, 6) is 0.163. The lowest BCUT2D eigenvalue weighted by molar-refractivity contribution is 0.540. The van der Waals surface area contributed by atoms with E-state index in [9.17, 15) is 4.39 Å². The van der Waals surface area contributed by atoms with Gasteiger partial charge in [-0.1, -0.05) is 25.4 Å². The van der Waals surface area contributed by atoms with Crippen molar-refractivity contribution in [3.63, 3.8) is 0 Å². The highest BCUT2D eigenvalue weighted by Gasteiger charge is 2.11. The molecule has 1 aromatic carbocycles. The Morgan fingerprint density at radius 3 is 2.88 bits per heavy atom. The Balaban J connectivity index is 2.23. The maximum Gasteiger partial charge on any atom is 0.169 e. The SMILES string of the molecule is CC(C)CNCc1coc2c(F)cc(Cl)cc12. The lowest BCUT2D eigenvalue weighted by Crippen LogP contribution is -2.18. The summed E-state index contributed by atoms with van der Waals surface area (Å²) in [5.41, 5.74) is 1.21. The van der Waals surface area contributed by atoms with E-state index >= 15 is 0 Å². The van der Waals surface area contributed by atoms with Crippen LogP contribution < -0.4 is 5.32 Å². The molecule has 2 nitrogen and oxygen atoms in total. The highest BCUT2D eigenvalue weighted by Crippen LogP contribution is 2.27. The first-order chi connectivity index (χ1) is 8.08. The summed E-state index contributed by atoms with van der Waals surface area (Å²) < 4.78 is 18.7. The van der Waals surface area contributed by atoms with Crippen molar-refractivity contribution in [2.75, 3.05) is 6.54 Å². The van der Waals surface area contributed by atoms with Gasteiger partial charge in [-0.05, 0) is 24.6 Å². The molecule has 0 aliphatic heterocycles. The first-order valence-corrected chi connectivity index (χ1v) is 6.01. The van der Waals surface area contributed by atoms with Gasteiger partial charge >= 0.3 is 0 Å². The van der Waals surface area contributed by atoms with Gasteiger partial charge in [-0.3, -0.25) is 0 Å². The standard InChI is InChI=1S/C13H15ClFNO/c1-8(2)5-16-6-9-7-17-13-11(9)3-10(14)4-12(13)15/h3-4,7-8,16H,5-6H2,1-2H3. The molecule has 1 heterocycles. The second kappa shape index (κ2) is 5.07. The molecule has 0 aliphatic carbocycles. The summed E-state index contributed by atoms with van der Waals surface area (Å²) in [7, 11) is 0. The van der Waals surface area contributed by atoms with E-state index in [0.29, 0.717) is 17.5 Å². The molecule has 0 amide bonds. The number of hydrogen-bond acceptors (Lipinski definition) is 2. The Bertz CT molecular complexity index is 521. The van der Waals surface area contributed by atoms with Crippen LogP contribution in [0.3, 0.4) is 0 Å². The Morgan fingerprint density at radius 2 is 2.18 bits per heavy atom. The number of rotatable bonds is 4. The minimum absolute atomic E-state index is 0.274. The van der Waals surface area contributed by atoms with Gasteiger partial charge in [-0.2, -0.15) is 0 Å². The van der Waals surface area contributed by atoms with Gasteiger partial charge in [0.15, 0.2) is 11.4 Å². The van der Waals surface area contributed by atoms with Crippen LogP contribution in [0.4, 0.5) is 4.39 Å². The van der Waals surface area contributed by atoms with Gasteiger partial charge < -0.3 is 9.73 Å². The molecule has 2 aromatic rings. The third-order valence-electron chi connectivity index (χ3n) is 2.54. The van der Waals surface area contributed by atoms with Crippen LogP contribution in [-0.4, -0.2) is 6.54 Å². The summed E-state index contributed by atoms with van der Waals surface area (Å²) in [5, 5.41) is 4.42. The maximum absolute atomic E-state index is 13.5. The first kappa shape index (κ1) is 12.4. The van der Waals surface area contributed by atoms with Crippen LogP contribution in [-0.2, 0) is 6.54 Å². The van der Waals surface area contributed by atoms with Crippen LogP contribution >= 0.6 is 11.6 Å². The van der Waals surface area contributed by atoms with Gasteiger partial charge in [0.2, 0.25) is 0 Å². The molecule has 2 rings (SSSR count). The second-order valence-electron chi connectivity index (χ2n) is 4.55. The molecule has 17 heavy (non-hydrogen) atoms. The number of halogens is 2. The van der Waals surface area contributed by atoms with Crippen LogP contribution in [0.5, 0.6) is 0 Å². The fourth-order valence-corrected chi connectivity index (χ4v) is 1.95. The van der Waals surface area contributed by atoms with E-state index in [2.05, 4.69) is 19.2 Å². The van der Waals surface area contributed by atoms with Crippen LogP contribution in [0, 0.1) is 11.7 Å². The normalized spacial score (nSPS) is 11.6. The van der Waals surface area contributed by atoms with Crippen molar-refractivity contribution in [3.8, 4) is 0 Å². The summed E-state index contributed by atoms with van der Waals surface area (Å²) in [6.45, 7) is 5.84. The predicted octanol–water partition coefficient (Wildman–Crippen LogP) is 3.97. The van der Waals surface area contributed by atoms with Crippen molar-refractivity contribution >= 4 is 22.6 Å². The molecule has 0 unspecified atom stereocenters. The fraction of sp³-hybridized carbons (Fsp3) is 0.385. The van der Waals surface area contributed by atoms with Gasteiger partial charge in [0.1, 0.15) is 0 Å². The van der Waals surface area contributed by atoms with Crippen molar-refractivity contribution in [2.24, 2.45) is 5.92 Å². The smallest absolute Gasteiger partial charge is 0.169 e. The van der Waals surface area contributed by atoms with Crippen LogP contribution in [0.25, 0.3) is 11.0 Å². The Labute approximate surface area is 105 Å². The summed E-state index contributed by atoms with van der Waals surface area (Å²) in [6, 6.07) is 2.99. The van der Waals surface area contributed by atoms with Crippen LogP contribution in [0.2, 0.25) is 5.02 Å². The van der Waals surface area contributed by atoms with Crippen molar-refractivity contribution in [1.82, 2.24) is 5.32 Å². The molecule has 4 heteroatoms. The molecule has 0 radical (unpaired) electrons. The van der Waals surface area contributed by atoms with E-state index < -0.39 is 5.82 Å². The minimum Gasteiger partial charge on any atom is -0.461 e. The summed E-state index contributed by atoms with van der Waals surface area (Å²) in [6.07, 6.45) is 1.58. The molecule has 1 N–H and O–H groups in total. The number of furan rings is 1. The average Bonchev–Trinajstić information content (AvgIpc) is 2.61. The molecule has 0 atom stereocenters. The van der Waals surface area contributed by atoms with Crippen molar-refractivity contribution in [1.29, 1.82) is 0 Å². The van der Waals surface area contributed by atoms with E-state index in [1.165, 1.54) is 6.07 Å². The Morgan fingerprint density at radius 1 is 1.41 bits per heavy atom. The highest BCUT2D eigenvalue weighted by atomic mass is 35.5. The van der Waals surface area contributed by atoms with Crippen molar-refractivity contribution < 1.29 is 8.81 Å². The van der Waals surface area contributed by atoms with Crippen molar-refractivity contribution in [3.05, 3.63) is 34.8 Å². The fourth-order valence-electron chi connectivity index (χ4n) is 1.74. The van der Waals surface area contributed by atoms with Gasteiger partial charge in [0.25, 0.3) is 0 Å². The van der Waals surface area contributed by atoms with E-state index in [-0.39, 0.29) is 5.58 Å². The zero-order valence-corrected chi connectivity index (χ0v) is 10.6. The molecule has 0 aliphatic rings. The van der Waals surface area contributed by atoms with Gasteiger partial charge in [-0.15, -0.1) is 0 Å². The lowest BCUT2D eigenvalue weighted by atomic mass is 10.1. The van der Waals surface area contributed by atoms with Crippen LogP contribution in [0.15, 0.2) is 22.8 Å². The average molecular weight is 256 g/mol. The second-order valence-corrected chi connectivity index (χ2v) is 4.99. The Hall–Kier alpha value is -1.06. The van der Waals surface area contributed by atoms with E-state index in [4.69, 9.17) is 16.0 Å². The third kappa shape index (κ3) is 2.79. The number of fused-ring (bicyclic) bond motifs is 1. The lowest BCUT2D eigenvalue weighted by Gasteiger charge is -2.05. The van der Waals surface area contributed by atoms with Gasteiger partial charge in [0.05, 0.1) is 6.26 Å². The Kier molecular flexibility index (Phi) is 3.69. The van der Waals surface area contributed by atoms with Gasteiger partial charge in [-0.25, -0.2) is 4.39 Å². The predicted molar refractivity (Wildman–Crippen MR) is 67.7 cm³/mol. The molecule has 0 saturated heterocycles. The molecule has 0 spiro atoms. The highest BCUT2D eigenvalue weighted by molar-refractivity contribution is 6.31. The summed E-state index contributed by atoms with van der Waals surface area (Å²) >= 11 is 5.84. The quantitative estimate of drug-likeness (QED) is 0.894. The zero-order valence-electron chi connectivity index (χ0n) is 9.89. The van der Waals surface area contributed by atoms with Gasteiger partial charge in [0, 0.05) is 22.5 Å². The largest absolute Gasteiger partial charge is 0.461 e. The van der Waals surface area contributed by atoms with Crippen LogP contribution in [0.1, 0.15) is 19.4 Å². The van der Waals surface area contributed by atoms with Crippen molar-refractivity contribution in [2.45, 2.75) is 20.4 Å². The molecule has 0 saturated carbocycles. The first-order valence-electron chi connectivity index (χ1n) is 5.63. The number of hydrogen-bond donors (Lipinski definition) is 1. The van der Waals surface area contributed by atoms with E-state index in [1.54, 1.807) is 12.3 Å². The molecule has 1 aromatic heterocycles. The monoisotopic (exact) mass is 255 g/mol. The number of benzene rings is 1. The summed E-state index contributed by atoms with van der Waals surface area (Å²) in [4.78, 5) is 0. The third-order valence-corrected chi connectivity index (χ3v) is 2.76. The molecule has 0 fully saturated rings. The molecular formula is C13H15ClFNO. The van der Waals surface area contributed by atoms with E-state index in [1.807, 2.05) is 0 Å². The van der Waals surface area contributed by atoms with E-state index in [0.717, 1.165) is 17.5 Å². The topological polar surface area (TPSA) is 25.2 Å². The minimum atomic E-state index is -0.414. The zero-order chi connectivity index (χ0) is 12.4. The number of nitrogens with one attached hydrogen (secondary N) is 1.